The van der Waals surface area contributed by atoms with Crippen molar-refractivity contribution in [2.45, 2.75) is 38.2 Å². The molecule has 0 spiro atoms. The van der Waals surface area contributed by atoms with Crippen molar-refractivity contribution in [3.63, 3.8) is 0 Å². The highest BCUT2D eigenvalue weighted by atomic mass is 79.9. The normalized spacial score (nSPS) is 18.9. The lowest BCUT2D eigenvalue weighted by Crippen LogP contribution is -2.41. The van der Waals surface area contributed by atoms with Crippen LogP contribution in [0.4, 0.5) is 13.2 Å². The number of likely N-dealkylation sites (tertiary alicyclic amines) is 1. The third-order valence-electron chi connectivity index (χ3n) is 5.51. The molecule has 0 aliphatic carbocycles. The molecule has 0 bridgehead atoms. The highest BCUT2D eigenvalue weighted by Gasteiger charge is 2.45. The molecule has 1 aromatic carbocycles. The summed E-state index contributed by atoms with van der Waals surface area (Å²) >= 11 is 4.49. The van der Waals surface area contributed by atoms with Gasteiger partial charge in [-0.3, -0.25) is 14.7 Å². The Hall–Kier alpha value is -2.77. The lowest BCUT2D eigenvalue weighted by atomic mass is 10.1. The molecule has 4 rings (SSSR count). The topological polar surface area (TPSA) is 104 Å². The van der Waals surface area contributed by atoms with Gasteiger partial charge in [0.2, 0.25) is 0 Å². The first-order chi connectivity index (χ1) is 17.6. The minimum absolute atomic E-state index is 0.0401. The van der Waals surface area contributed by atoms with Gasteiger partial charge in [-0.1, -0.05) is 22.0 Å². The van der Waals surface area contributed by atoms with Gasteiger partial charge in [-0.2, -0.15) is 0 Å². The molecule has 1 atom stereocenters. The van der Waals surface area contributed by atoms with E-state index in [0.717, 1.165) is 4.47 Å². The molecule has 1 aromatic heterocycles. The van der Waals surface area contributed by atoms with Crippen LogP contribution in [-0.2, 0) is 14.3 Å². The van der Waals surface area contributed by atoms with Crippen LogP contribution in [0.15, 0.2) is 56.6 Å². The minimum Gasteiger partial charge on any atom is -0.481 e. The highest BCUT2D eigenvalue weighted by molar-refractivity contribution is 9.10. The summed E-state index contributed by atoms with van der Waals surface area (Å²) in [6, 6.07) is 5.66. The summed E-state index contributed by atoms with van der Waals surface area (Å²) in [6.45, 7) is 1.46. The fourth-order valence-corrected chi connectivity index (χ4v) is 4.87. The number of thiazole rings is 1. The first-order valence-corrected chi connectivity index (χ1v) is 13.1. The number of carbonyl (C=O) groups excluding carboxylic acids is 1. The number of esters is 1. The maximum absolute atomic E-state index is 14.1. The van der Waals surface area contributed by atoms with Crippen LogP contribution >= 0.6 is 27.3 Å². The number of aromatic nitrogens is 1. The summed E-state index contributed by atoms with van der Waals surface area (Å²) in [6.07, 6.45) is 1.13. The molecule has 3 heterocycles. The van der Waals surface area contributed by atoms with Crippen molar-refractivity contribution < 1.29 is 32.6 Å². The summed E-state index contributed by atoms with van der Waals surface area (Å²) in [5.41, 5.74) is 0.709. The lowest BCUT2D eigenvalue weighted by Gasteiger charge is -2.28. The molecule has 1 fully saturated rings. The Balaban J connectivity index is 0.000000405. The third kappa shape index (κ3) is 8.64. The Labute approximate surface area is 224 Å². The SMILES string of the molecule is CCOC(=O)C1=C(CN2CC(F)(F)CC2CCC(=O)O)NC(c2nccs2)=NC1.Fc1cccc(Br)c1. The van der Waals surface area contributed by atoms with Crippen molar-refractivity contribution in [2.24, 2.45) is 4.99 Å². The number of hydrogen-bond acceptors (Lipinski definition) is 8. The predicted octanol–water partition coefficient (Wildman–Crippen LogP) is 4.47. The average Bonchev–Trinajstić information content (AvgIpc) is 3.46. The number of aliphatic imine (C=N–C) groups is 1. The Morgan fingerprint density at radius 1 is 1.38 bits per heavy atom. The van der Waals surface area contributed by atoms with E-state index in [1.807, 2.05) is 0 Å². The molecule has 2 aliphatic heterocycles. The predicted molar refractivity (Wildman–Crippen MR) is 136 cm³/mol. The fraction of sp³-hybridized carbons (Fsp3) is 0.417. The highest BCUT2D eigenvalue weighted by Crippen LogP contribution is 2.35. The molecule has 13 heteroatoms. The van der Waals surface area contributed by atoms with Gasteiger partial charge >= 0.3 is 11.9 Å². The first-order valence-electron chi connectivity index (χ1n) is 11.4. The number of carboxylic acid groups (broad SMARTS) is 1. The van der Waals surface area contributed by atoms with Gasteiger partial charge in [-0.05, 0) is 31.5 Å². The molecule has 0 radical (unpaired) electrons. The fourth-order valence-electron chi connectivity index (χ4n) is 3.90. The monoisotopic (exact) mass is 602 g/mol. The first kappa shape index (κ1) is 28.8. The van der Waals surface area contributed by atoms with Crippen LogP contribution < -0.4 is 5.32 Å². The summed E-state index contributed by atoms with van der Waals surface area (Å²) in [5, 5.41) is 14.4. The van der Waals surface area contributed by atoms with Gasteiger partial charge in [0.25, 0.3) is 5.92 Å². The number of nitrogens with zero attached hydrogens (tertiary/aromatic N) is 3. The minimum atomic E-state index is -2.91. The number of hydrogen-bond donors (Lipinski definition) is 2. The Morgan fingerprint density at radius 3 is 2.76 bits per heavy atom. The summed E-state index contributed by atoms with van der Waals surface area (Å²) in [4.78, 5) is 33.3. The summed E-state index contributed by atoms with van der Waals surface area (Å²) < 4.78 is 46.1. The van der Waals surface area contributed by atoms with Crippen molar-refractivity contribution in [2.75, 3.05) is 26.2 Å². The number of halogens is 4. The molecule has 1 unspecified atom stereocenters. The van der Waals surface area contributed by atoms with E-state index >= 15 is 0 Å². The molecule has 37 heavy (non-hydrogen) atoms. The second kappa shape index (κ2) is 13.2. The van der Waals surface area contributed by atoms with Crippen LogP contribution in [0.1, 0.15) is 31.2 Å². The Bertz CT molecular complexity index is 1140. The van der Waals surface area contributed by atoms with Crippen LogP contribution in [0.3, 0.4) is 0 Å². The molecule has 200 valence electrons. The smallest absolute Gasteiger partial charge is 0.337 e. The van der Waals surface area contributed by atoms with Crippen LogP contribution in [0, 0.1) is 5.82 Å². The number of rotatable bonds is 8. The van der Waals surface area contributed by atoms with Crippen molar-refractivity contribution in [1.82, 2.24) is 15.2 Å². The Kier molecular flexibility index (Phi) is 10.2. The maximum atomic E-state index is 14.1. The number of carbonyl (C=O) groups is 2. The van der Waals surface area contributed by atoms with Crippen molar-refractivity contribution in [1.29, 1.82) is 0 Å². The van der Waals surface area contributed by atoms with Crippen molar-refractivity contribution >= 4 is 45.0 Å². The van der Waals surface area contributed by atoms with E-state index in [0.29, 0.717) is 16.5 Å². The maximum Gasteiger partial charge on any atom is 0.337 e. The summed E-state index contributed by atoms with van der Waals surface area (Å²) in [7, 11) is 0. The van der Waals surface area contributed by atoms with Gasteiger partial charge in [0.15, 0.2) is 10.8 Å². The molecule has 1 saturated heterocycles. The number of nitrogens with one attached hydrogen (secondary N) is 1. The van der Waals surface area contributed by atoms with Crippen LogP contribution in [0.2, 0.25) is 0 Å². The second-order valence-electron chi connectivity index (χ2n) is 8.30. The molecule has 2 aromatic rings. The number of benzene rings is 1. The standard InChI is InChI=1S/C18H22F2N4O4S.C6H4BrF/c1-2-28-17(27)12-8-22-15(16-21-5-6-29-16)23-13(12)9-24-10-18(19,20)7-11(24)3-4-14(25)26;7-5-2-1-3-6(8)4-5/h5-6,11H,2-4,7-10H2,1H3,(H,22,23)(H,25,26);1-4H. The van der Waals surface area contributed by atoms with Gasteiger partial charge in [0, 0.05) is 47.2 Å². The molecular weight excluding hydrogens is 577 g/mol. The van der Waals surface area contributed by atoms with Gasteiger partial charge in [0.1, 0.15) is 5.82 Å². The molecule has 2 aliphatic rings. The number of aliphatic carboxylic acids is 1. The zero-order chi connectivity index (χ0) is 27.0. The van der Waals surface area contributed by atoms with E-state index in [2.05, 4.69) is 31.2 Å². The van der Waals surface area contributed by atoms with Gasteiger partial charge in [-0.15, -0.1) is 11.3 Å². The zero-order valence-electron chi connectivity index (χ0n) is 19.9. The summed E-state index contributed by atoms with van der Waals surface area (Å²) in [5.74, 6) is -4.23. The van der Waals surface area contributed by atoms with E-state index in [9.17, 15) is 22.8 Å². The quantitative estimate of drug-likeness (QED) is 0.429. The van der Waals surface area contributed by atoms with Crippen LogP contribution in [0.5, 0.6) is 0 Å². The average molecular weight is 603 g/mol. The van der Waals surface area contributed by atoms with E-state index < -0.39 is 36.9 Å². The second-order valence-corrected chi connectivity index (χ2v) is 10.1. The number of amidine groups is 1. The molecule has 0 amide bonds. The van der Waals surface area contributed by atoms with E-state index in [1.54, 1.807) is 30.6 Å². The van der Waals surface area contributed by atoms with Gasteiger partial charge < -0.3 is 15.2 Å². The molecule has 0 saturated carbocycles. The van der Waals surface area contributed by atoms with Crippen LogP contribution in [0.25, 0.3) is 0 Å². The van der Waals surface area contributed by atoms with Crippen molar-refractivity contribution in [3.05, 3.63) is 62.4 Å². The molecular formula is C24H26BrF3N4O4S. The van der Waals surface area contributed by atoms with E-state index in [1.165, 1.54) is 28.4 Å². The van der Waals surface area contributed by atoms with Gasteiger partial charge in [0.05, 0.1) is 25.3 Å². The third-order valence-corrected chi connectivity index (χ3v) is 6.78. The number of carboxylic acids is 1. The van der Waals surface area contributed by atoms with Crippen LogP contribution in [-0.4, -0.2) is 71.0 Å². The van der Waals surface area contributed by atoms with Crippen molar-refractivity contribution in [3.8, 4) is 0 Å². The number of ether oxygens (including phenoxy) is 1. The molecule has 8 nitrogen and oxygen atoms in total. The largest absolute Gasteiger partial charge is 0.481 e. The Morgan fingerprint density at radius 2 is 2.16 bits per heavy atom. The zero-order valence-corrected chi connectivity index (χ0v) is 22.3. The van der Waals surface area contributed by atoms with Gasteiger partial charge in [-0.25, -0.2) is 22.9 Å². The number of alkyl halides is 2. The van der Waals surface area contributed by atoms with E-state index in [4.69, 9.17) is 9.84 Å². The van der Waals surface area contributed by atoms with E-state index in [-0.39, 0.29) is 43.9 Å². The molecule has 2 N–H and O–H groups in total. The lowest BCUT2D eigenvalue weighted by molar-refractivity contribution is -0.139.